The molecule has 6 rings (SSSR count). The van der Waals surface area contributed by atoms with Crippen LogP contribution < -0.4 is 16.2 Å². The minimum Gasteiger partial charge on any atom is -0.324 e. The third kappa shape index (κ3) is 3.89. The molecule has 3 aromatic heterocycles. The summed E-state index contributed by atoms with van der Waals surface area (Å²) in [5.41, 5.74) is 6.47. The summed E-state index contributed by atoms with van der Waals surface area (Å²) < 4.78 is 0. The maximum atomic E-state index is 11.8. The molecule has 0 atom stereocenters. The van der Waals surface area contributed by atoms with Gasteiger partial charge in [-0.3, -0.25) is 20.1 Å². The van der Waals surface area contributed by atoms with Crippen LogP contribution in [-0.2, 0) is 0 Å². The first kappa shape index (κ1) is 20.7. The van der Waals surface area contributed by atoms with Crippen LogP contribution in [-0.4, -0.2) is 30.4 Å². The number of aryl methyl sites for hydroxylation is 2. The first-order valence-electron chi connectivity index (χ1n) is 11.2. The van der Waals surface area contributed by atoms with Crippen molar-refractivity contribution in [3.05, 3.63) is 88.3 Å². The van der Waals surface area contributed by atoms with E-state index in [-0.39, 0.29) is 5.56 Å². The zero-order chi connectivity index (χ0) is 23.9. The summed E-state index contributed by atoms with van der Waals surface area (Å²) >= 11 is 0. The van der Waals surface area contributed by atoms with E-state index in [2.05, 4.69) is 62.2 Å². The highest BCUT2D eigenvalue weighted by Gasteiger charge is 2.13. The van der Waals surface area contributed by atoms with E-state index in [4.69, 9.17) is 9.97 Å². The Morgan fingerprint density at radius 1 is 0.829 bits per heavy atom. The summed E-state index contributed by atoms with van der Waals surface area (Å²) in [6.07, 6.45) is 0. The number of aromatic nitrogens is 6. The van der Waals surface area contributed by atoms with E-state index < -0.39 is 0 Å². The predicted octanol–water partition coefficient (Wildman–Crippen LogP) is 5.29. The number of aromatic amines is 3. The van der Waals surface area contributed by atoms with Gasteiger partial charge in [0.15, 0.2) is 5.82 Å². The van der Waals surface area contributed by atoms with Gasteiger partial charge >= 0.3 is 0 Å². The van der Waals surface area contributed by atoms with Crippen LogP contribution in [0.2, 0.25) is 0 Å². The Morgan fingerprint density at radius 3 is 2.54 bits per heavy atom. The molecule has 35 heavy (non-hydrogen) atoms. The Bertz CT molecular complexity index is 1760. The molecule has 5 N–H and O–H groups in total. The fourth-order valence-electron chi connectivity index (χ4n) is 4.19. The fraction of sp³-hybridized carbons (Fsp3) is 0.0769. The van der Waals surface area contributed by atoms with Gasteiger partial charge in [-0.1, -0.05) is 30.3 Å². The zero-order valence-electron chi connectivity index (χ0n) is 19.1. The topological polar surface area (TPSA) is 127 Å². The quantitative estimate of drug-likeness (QED) is 0.237. The molecule has 9 heteroatoms. The maximum absolute atomic E-state index is 11.8. The lowest BCUT2D eigenvalue weighted by Crippen LogP contribution is -2.03. The Labute approximate surface area is 199 Å². The average molecular weight is 463 g/mol. The zero-order valence-corrected chi connectivity index (χ0v) is 19.1. The molecule has 0 saturated carbocycles. The van der Waals surface area contributed by atoms with Gasteiger partial charge in [0.1, 0.15) is 5.82 Å². The van der Waals surface area contributed by atoms with Crippen molar-refractivity contribution in [2.45, 2.75) is 13.8 Å². The number of hydrogen-bond acceptors (Lipinski definition) is 6. The van der Waals surface area contributed by atoms with Crippen LogP contribution in [0.15, 0.2) is 71.5 Å². The van der Waals surface area contributed by atoms with Gasteiger partial charge in [-0.25, -0.2) is 4.98 Å². The average Bonchev–Trinajstić information content (AvgIpc) is 3.44. The minimum absolute atomic E-state index is 0.154. The molecule has 0 aliphatic heterocycles. The highest BCUT2D eigenvalue weighted by molar-refractivity contribution is 5.95. The Hall–Kier alpha value is -4.92. The lowest BCUT2D eigenvalue weighted by Gasteiger charge is -2.13. The van der Waals surface area contributed by atoms with Crippen LogP contribution in [0.1, 0.15) is 11.3 Å². The van der Waals surface area contributed by atoms with E-state index in [0.29, 0.717) is 28.5 Å². The van der Waals surface area contributed by atoms with E-state index >= 15 is 0 Å². The molecule has 0 aliphatic rings. The summed E-state index contributed by atoms with van der Waals surface area (Å²) in [6, 6.07) is 21.8. The molecule has 9 nitrogen and oxygen atoms in total. The molecule has 3 aromatic carbocycles. The number of H-pyrrole nitrogens is 3. The highest BCUT2D eigenvalue weighted by Crippen LogP contribution is 2.32. The van der Waals surface area contributed by atoms with Crippen LogP contribution in [0, 0.1) is 13.8 Å². The molecule has 0 fully saturated rings. The van der Waals surface area contributed by atoms with Crippen molar-refractivity contribution in [1.82, 2.24) is 30.4 Å². The van der Waals surface area contributed by atoms with Crippen molar-refractivity contribution in [3.8, 4) is 11.1 Å². The molecule has 0 bridgehead atoms. The fourth-order valence-corrected chi connectivity index (χ4v) is 4.19. The van der Waals surface area contributed by atoms with Gasteiger partial charge in [0, 0.05) is 22.8 Å². The summed E-state index contributed by atoms with van der Waals surface area (Å²) in [5.74, 6) is 1.73. The molecule has 0 spiro atoms. The van der Waals surface area contributed by atoms with Crippen molar-refractivity contribution < 1.29 is 0 Å². The van der Waals surface area contributed by atoms with E-state index in [0.717, 1.165) is 33.4 Å². The van der Waals surface area contributed by atoms with Crippen LogP contribution in [0.25, 0.3) is 32.9 Å². The van der Waals surface area contributed by atoms with Crippen molar-refractivity contribution in [3.63, 3.8) is 0 Å². The van der Waals surface area contributed by atoms with Crippen molar-refractivity contribution in [2.24, 2.45) is 0 Å². The largest absolute Gasteiger partial charge is 0.324 e. The van der Waals surface area contributed by atoms with Gasteiger partial charge in [0.25, 0.3) is 5.56 Å². The molecule has 0 amide bonds. The summed E-state index contributed by atoms with van der Waals surface area (Å²) in [5, 5.41) is 20.8. The van der Waals surface area contributed by atoms with Gasteiger partial charge in [0.05, 0.1) is 16.4 Å². The molecule has 0 saturated heterocycles. The second kappa shape index (κ2) is 8.14. The maximum Gasteiger partial charge on any atom is 0.271 e. The van der Waals surface area contributed by atoms with Crippen LogP contribution in [0.3, 0.4) is 0 Å². The molecule has 3 heterocycles. The molecule has 0 unspecified atom stereocenters. The summed E-state index contributed by atoms with van der Waals surface area (Å²) in [4.78, 5) is 21.3. The molecular formula is C26H22N8O. The lowest BCUT2D eigenvalue weighted by atomic mass is 9.99. The number of anilines is 4. The third-order valence-corrected chi connectivity index (χ3v) is 5.94. The van der Waals surface area contributed by atoms with Crippen molar-refractivity contribution in [1.29, 1.82) is 0 Å². The number of hydrogen-bond donors (Lipinski definition) is 5. The number of benzene rings is 3. The Balaban J connectivity index is 1.45. The van der Waals surface area contributed by atoms with Crippen molar-refractivity contribution in [2.75, 3.05) is 10.6 Å². The van der Waals surface area contributed by atoms with Crippen LogP contribution in [0.5, 0.6) is 0 Å². The standard InChI is InChI=1S/C26H22N8O/c1-14-5-3-4-6-18(14)16-7-10-21-20(12-16)24(29-23-11-15(2)31-33-23)30-26(28-21)27-17-8-9-19-22(13-17)32-34-25(19)35/h3-13H,1-2H3,(H2,32,34,35)(H3,27,28,29,30,31,33). The SMILES string of the molecule is Cc1cc(Nc2nc(Nc3ccc4c(=O)[nH][nH]c4c3)nc3ccc(-c4ccccc4C)cc23)n[nH]1. The third-order valence-electron chi connectivity index (χ3n) is 5.94. The van der Waals surface area contributed by atoms with Crippen LogP contribution >= 0.6 is 0 Å². The summed E-state index contributed by atoms with van der Waals surface area (Å²) in [7, 11) is 0. The Kier molecular flexibility index (Phi) is 4.81. The van der Waals surface area contributed by atoms with E-state index in [1.165, 1.54) is 5.56 Å². The van der Waals surface area contributed by atoms with E-state index in [1.54, 1.807) is 6.07 Å². The van der Waals surface area contributed by atoms with E-state index in [1.807, 2.05) is 43.3 Å². The predicted molar refractivity (Wildman–Crippen MR) is 139 cm³/mol. The normalized spacial score (nSPS) is 11.3. The van der Waals surface area contributed by atoms with Gasteiger partial charge in [-0.2, -0.15) is 10.1 Å². The van der Waals surface area contributed by atoms with Gasteiger partial charge in [-0.05, 0) is 60.9 Å². The van der Waals surface area contributed by atoms with E-state index in [9.17, 15) is 4.79 Å². The van der Waals surface area contributed by atoms with Crippen molar-refractivity contribution >= 4 is 45.1 Å². The molecular weight excluding hydrogens is 440 g/mol. The second-order valence-corrected chi connectivity index (χ2v) is 8.47. The molecule has 0 radical (unpaired) electrons. The summed E-state index contributed by atoms with van der Waals surface area (Å²) in [6.45, 7) is 4.05. The molecule has 172 valence electrons. The smallest absolute Gasteiger partial charge is 0.271 e. The number of fused-ring (bicyclic) bond motifs is 2. The molecule has 0 aliphatic carbocycles. The number of rotatable bonds is 5. The second-order valence-electron chi connectivity index (χ2n) is 8.47. The first-order chi connectivity index (χ1) is 17.0. The molecule has 6 aromatic rings. The first-order valence-corrected chi connectivity index (χ1v) is 11.2. The number of nitrogens with one attached hydrogen (secondary N) is 5. The Morgan fingerprint density at radius 2 is 1.71 bits per heavy atom. The minimum atomic E-state index is -0.154. The van der Waals surface area contributed by atoms with Gasteiger partial charge < -0.3 is 10.6 Å². The highest BCUT2D eigenvalue weighted by atomic mass is 16.1. The van der Waals surface area contributed by atoms with Gasteiger partial charge in [-0.15, -0.1) is 0 Å². The van der Waals surface area contributed by atoms with Gasteiger partial charge in [0.2, 0.25) is 5.95 Å². The number of nitrogens with zero attached hydrogens (tertiary/aromatic N) is 3. The van der Waals surface area contributed by atoms with Crippen LogP contribution in [0.4, 0.5) is 23.3 Å². The lowest BCUT2D eigenvalue weighted by molar-refractivity contribution is 1.05. The monoisotopic (exact) mass is 462 g/mol.